The Morgan fingerprint density at radius 3 is 2.62 bits per heavy atom. The summed E-state index contributed by atoms with van der Waals surface area (Å²) < 4.78 is 5.21. The van der Waals surface area contributed by atoms with Crippen molar-refractivity contribution < 1.29 is 9.84 Å². The van der Waals surface area contributed by atoms with Crippen LogP contribution in [0.1, 0.15) is 11.4 Å². The molecule has 1 aromatic carbocycles. The van der Waals surface area contributed by atoms with Crippen LogP contribution in [0.3, 0.4) is 0 Å². The number of methoxy groups -OCH3 is 1. The Morgan fingerprint density at radius 1 is 1.31 bits per heavy atom. The fourth-order valence-electron chi connectivity index (χ4n) is 1.59. The Balaban J connectivity index is 2.62. The van der Waals surface area contributed by atoms with Gasteiger partial charge in [0.2, 0.25) is 0 Å². The number of imidazole rings is 1. The largest absolute Gasteiger partial charge is 0.507 e. The van der Waals surface area contributed by atoms with Gasteiger partial charge in [-0.25, -0.2) is 4.98 Å². The van der Waals surface area contributed by atoms with Crippen molar-refractivity contribution in [3.63, 3.8) is 0 Å². The first-order chi connectivity index (χ1) is 7.63. The molecule has 1 aromatic heterocycles. The van der Waals surface area contributed by atoms with Crippen LogP contribution in [0, 0.1) is 13.8 Å². The van der Waals surface area contributed by atoms with E-state index < -0.39 is 0 Å². The topological polar surface area (TPSA) is 58.1 Å². The lowest BCUT2D eigenvalue weighted by Gasteiger charge is -2.07. The summed E-state index contributed by atoms with van der Waals surface area (Å²) in [5, 5.41) is 9.84. The van der Waals surface area contributed by atoms with Crippen molar-refractivity contribution in [3.8, 4) is 22.9 Å². The lowest BCUT2D eigenvalue weighted by Crippen LogP contribution is -1.89. The van der Waals surface area contributed by atoms with Gasteiger partial charge in [0.1, 0.15) is 22.9 Å². The van der Waals surface area contributed by atoms with Gasteiger partial charge in [0.05, 0.1) is 12.8 Å². The zero-order valence-corrected chi connectivity index (χ0v) is 9.53. The van der Waals surface area contributed by atoms with Gasteiger partial charge in [0, 0.05) is 5.69 Å². The summed E-state index contributed by atoms with van der Waals surface area (Å²) in [7, 11) is 1.57. The van der Waals surface area contributed by atoms with Crippen molar-refractivity contribution in [1.29, 1.82) is 0 Å². The number of aromatic hydroxyl groups is 1. The SMILES string of the molecule is COc1cccc(O)c1-c1nc(C)c(C)[nH]1. The van der Waals surface area contributed by atoms with E-state index in [-0.39, 0.29) is 5.75 Å². The van der Waals surface area contributed by atoms with Crippen LogP contribution in [0.5, 0.6) is 11.5 Å². The quantitative estimate of drug-likeness (QED) is 0.813. The minimum absolute atomic E-state index is 0.160. The van der Waals surface area contributed by atoms with Gasteiger partial charge in [-0.15, -0.1) is 0 Å². The summed E-state index contributed by atoms with van der Waals surface area (Å²) >= 11 is 0. The molecule has 0 saturated heterocycles. The van der Waals surface area contributed by atoms with Gasteiger partial charge < -0.3 is 14.8 Å². The van der Waals surface area contributed by atoms with E-state index in [4.69, 9.17) is 4.74 Å². The van der Waals surface area contributed by atoms with Crippen molar-refractivity contribution >= 4 is 0 Å². The van der Waals surface area contributed by atoms with E-state index in [0.717, 1.165) is 11.4 Å². The molecule has 0 aliphatic rings. The molecule has 0 radical (unpaired) electrons. The van der Waals surface area contributed by atoms with Gasteiger partial charge in [0.25, 0.3) is 0 Å². The maximum atomic E-state index is 9.84. The molecule has 0 spiro atoms. The molecule has 0 bridgehead atoms. The highest BCUT2D eigenvalue weighted by Crippen LogP contribution is 2.35. The summed E-state index contributed by atoms with van der Waals surface area (Å²) in [5.74, 6) is 1.40. The standard InChI is InChI=1S/C12H14N2O2/c1-7-8(2)14-12(13-7)11-9(15)5-4-6-10(11)16-3/h4-6,15H,1-3H3,(H,13,14). The van der Waals surface area contributed by atoms with E-state index in [1.54, 1.807) is 25.3 Å². The number of H-pyrrole nitrogens is 1. The van der Waals surface area contributed by atoms with Gasteiger partial charge in [-0.1, -0.05) is 6.07 Å². The summed E-state index contributed by atoms with van der Waals surface area (Å²) in [6, 6.07) is 5.15. The van der Waals surface area contributed by atoms with Crippen molar-refractivity contribution in [2.24, 2.45) is 0 Å². The molecule has 0 fully saturated rings. The number of nitrogens with zero attached hydrogens (tertiary/aromatic N) is 1. The number of phenolic OH excluding ortho intramolecular Hbond substituents is 1. The predicted octanol–water partition coefficient (Wildman–Crippen LogP) is 2.41. The summed E-state index contributed by atoms with van der Waals surface area (Å²) in [6.07, 6.45) is 0. The maximum absolute atomic E-state index is 9.84. The third-order valence-corrected chi connectivity index (χ3v) is 2.59. The Kier molecular flexibility index (Phi) is 2.56. The number of nitrogens with one attached hydrogen (secondary N) is 1. The van der Waals surface area contributed by atoms with Crippen molar-refractivity contribution in [3.05, 3.63) is 29.6 Å². The van der Waals surface area contributed by atoms with Gasteiger partial charge in [0.15, 0.2) is 0 Å². The number of rotatable bonds is 2. The molecule has 0 unspecified atom stereocenters. The van der Waals surface area contributed by atoms with Gasteiger partial charge in [-0.05, 0) is 26.0 Å². The van der Waals surface area contributed by atoms with Crippen molar-refractivity contribution in [2.75, 3.05) is 7.11 Å². The zero-order valence-electron chi connectivity index (χ0n) is 9.53. The summed E-state index contributed by atoms with van der Waals surface area (Å²) in [5.41, 5.74) is 2.50. The van der Waals surface area contributed by atoms with Gasteiger partial charge in [-0.3, -0.25) is 0 Å². The molecular weight excluding hydrogens is 204 g/mol. The fourth-order valence-corrected chi connectivity index (χ4v) is 1.59. The second kappa shape index (κ2) is 3.89. The predicted molar refractivity (Wildman–Crippen MR) is 61.7 cm³/mol. The molecule has 4 nitrogen and oxygen atoms in total. The van der Waals surface area contributed by atoms with Crippen molar-refractivity contribution in [1.82, 2.24) is 9.97 Å². The van der Waals surface area contributed by atoms with Crippen LogP contribution in [-0.4, -0.2) is 22.2 Å². The molecule has 0 amide bonds. The number of aromatic amines is 1. The fraction of sp³-hybridized carbons (Fsp3) is 0.250. The van der Waals surface area contributed by atoms with Crippen LogP contribution in [0.2, 0.25) is 0 Å². The zero-order chi connectivity index (χ0) is 11.7. The molecule has 16 heavy (non-hydrogen) atoms. The Morgan fingerprint density at radius 2 is 2.06 bits per heavy atom. The van der Waals surface area contributed by atoms with Crippen LogP contribution in [0.25, 0.3) is 11.4 Å². The lowest BCUT2D eigenvalue weighted by atomic mass is 10.1. The third-order valence-electron chi connectivity index (χ3n) is 2.59. The van der Waals surface area contributed by atoms with Crippen LogP contribution >= 0.6 is 0 Å². The second-order valence-electron chi connectivity index (χ2n) is 3.65. The van der Waals surface area contributed by atoms with Gasteiger partial charge in [-0.2, -0.15) is 0 Å². The highest BCUT2D eigenvalue weighted by molar-refractivity contribution is 5.71. The molecular formula is C12H14N2O2. The second-order valence-corrected chi connectivity index (χ2v) is 3.65. The Labute approximate surface area is 93.9 Å². The molecule has 1 heterocycles. The van der Waals surface area contributed by atoms with E-state index in [2.05, 4.69) is 9.97 Å². The number of hydrogen-bond acceptors (Lipinski definition) is 3. The first-order valence-electron chi connectivity index (χ1n) is 5.03. The molecule has 0 aliphatic heterocycles. The van der Waals surface area contributed by atoms with E-state index >= 15 is 0 Å². The van der Waals surface area contributed by atoms with Crippen LogP contribution in [0.15, 0.2) is 18.2 Å². The molecule has 0 saturated carbocycles. The number of aromatic nitrogens is 2. The van der Waals surface area contributed by atoms with Crippen molar-refractivity contribution in [2.45, 2.75) is 13.8 Å². The van der Waals surface area contributed by atoms with E-state index in [9.17, 15) is 5.11 Å². The maximum Gasteiger partial charge on any atom is 0.145 e. The van der Waals surface area contributed by atoms with E-state index in [0.29, 0.717) is 17.1 Å². The first-order valence-corrected chi connectivity index (χ1v) is 5.03. The molecule has 4 heteroatoms. The monoisotopic (exact) mass is 218 g/mol. The van der Waals surface area contributed by atoms with E-state index in [1.807, 2.05) is 13.8 Å². The molecule has 84 valence electrons. The van der Waals surface area contributed by atoms with Crippen LogP contribution in [0.4, 0.5) is 0 Å². The highest BCUT2D eigenvalue weighted by atomic mass is 16.5. The summed E-state index contributed by atoms with van der Waals surface area (Å²) in [4.78, 5) is 7.48. The van der Waals surface area contributed by atoms with Gasteiger partial charge >= 0.3 is 0 Å². The number of ether oxygens (including phenoxy) is 1. The van der Waals surface area contributed by atoms with Crippen LogP contribution < -0.4 is 4.74 Å². The van der Waals surface area contributed by atoms with Crippen LogP contribution in [-0.2, 0) is 0 Å². The Bertz CT molecular complexity index is 498. The number of phenols is 1. The normalized spacial score (nSPS) is 10.4. The first kappa shape index (κ1) is 10.5. The highest BCUT2D eigenvalue weighted by Gasteiger charge is 2.14. The smallest absolute Gasteiger partial charge is 0.145 e. The molecule has 0 aliphatic carbocycles. The molecule has 2 aromatic rings. The number of benzene rings is 1. The lowest BCUT2D eigenvalue weighted by molar-refractivity contribution is 0.410. The summed E-state index contributed by atoms with van der Waals surface area (Å²) in [6.45, 7) is 3.86. The number of hydrogen-bond donors (Lipinski definition) is 2. The average Bonchev–Trinajstić information content (AvgIpc) is 2.58. The minimum atomic E-state index is 0.160. The Hall–Kier alpha value is -1.97. The molecule has 2 rings (SSSR count). The average molecular weight is 218 g/mol. The minimum Gasteiger partial charge on any atom is -0.507 e. The number of aryl methyl sites for hydroxylation is 2. The third kappa shape index (κ3) is 1.62. The molecule has 0 atom stereocenters. The molecule has 2 N–H and O–H groups in total. The van der Waals surface area contributed by atoms with E-state index in [1.165, 1.54) is 0 Å².